The van der Waals surface area contributed by atoms with Crippen molar-refractivity contribution in [3.05, 3.63) is 45.4 Å². The van der Waals surface area contributed by atoms with Gasteiger partial charge in [-0.2, -0.15) is 0 Å². The Balaban J connectivity index is 1.46. The summed E-state index contributed by atoms with van der Waals surface area (Å²) < 4.78 is 0. The second-order valence-electron chi connectivity index (χ2n) is 7.74. The van der Waals surface area contributed by atoms with Crippen LogP contribution in [0.4, 0.5) is 5.13 Å². The number of aromatic nitrogens is 1. The van der Waals surface area contributed by atoms with Crippen molar-refractivity contribution in [2.24, 2.45) is 11.7 Å². The standard InChI is InChI=1S/C21H23ClN4O3S/c22-14-6-4-13(5-7-14)19(28)25-21-24-17-15(2-1-3-16(17)30-21)20(29)26-10-8-12(9-11-26)18(23)27/h4-7,12,15H,1-3,8-11H2,(H2,23,27)(H,24,25,28). The normalized spacial score (nSPS) is 19.2. The molecule has 7 nitrogen and oxygen atoms in total. The zero-order chi connectivity index (χ0) is 21.3. The number of aryl methyl sites for hydroxylation is 1. The molecule has 1 fully saturated rings. The van der Waals surface area contributed by atoms with Crippen molar-refractivity contribution >= 4 is 45.8 Å². The van der Waals surface area contributed by atoms with Gasteiger partial charge in [-0.25, -0.2) is 4.98 Å². The van der Waals surface area contributed by atoms with E-state index in [9.17, 15) is 14.4 Å². The van der Waals surface area contributed by atoms with E-state index in [2.05, 4.69) is 10.3 Å². The predicted molar refractivity (Wildman–Crippen MR) is 116 cm³/mol. The molecule has 1 aromatic heterocycles. The first-order valence-electron chi connectivity index (χ1n) is 10.1. The van der Waals surface area contributed by atoms with E-state index in [1.54, 1.807) is 24.3 Å². The molecule has 4 rings (SSSR count). The third-order valence-electron chi connectivity index (χ3n) is 5.79. The van der Waals surface area contributed by atoms with Gasteiger partial charge in [0.1, 0.15) is 0 Å². The van der Waals surface area contributed by atoms with Crippen LogP contribution in [0.15, 0.2) is 24.3 Å². The van der Waals surface area contributed by atoms with Gasteiger partial charge in [-0.15, -0.1) is 11.3 Å². The number of rotatable bonds is 4. The van der Waals surface area contributed by atoms with E-state index < -0.39 is 0 Å². The molecule has 1 aliphatic carbocycles. The maximum atomic E-state index is 13.2. The fraction of sp³-hybridized carbons (Fsp3) is 0.429. The molecule has 0 bridgehead atoms. The number of primary amides is 1. The molecule has 1 aliphatic heterocycles. The molecule has 2 aromatic rings. The smallest absolute Gasteiger partial charge is 0.257 e. The summed E-state index contributed by atoms with van der Waals surface area (Å²) in [6.45, 7) is 1.09. The summed E-state index contributed by atoms with van der Waals surface area (Å²) in [6, 6.07) is 6.65. The molecular formula is C21H23ClN4O3S. The number of anilines is 1. The van der Waals surface area contributed by atoms with E-state index in [1.807, 2.05) is 4.90 Å². The summed E-state index contributed by atoms with van der Waals surface area (Å²) in [7, 11) is 0. The first-order valence-corrected chi connectivity index (χ1v) is 11.3. The number of likely N-dealkylation sites (tertiary alicyclic amines) is 1. The van der Waals surface area contributed by atoms with Crippen LogP contribution in [0.5, 0.6) is 0 Å². The van der Waals surface area contributed by atoms with Crippen LogP contribution in [0, 0.1) is 5.92 Å². The first-order chi connectivity index (χ1) is 14.4. The van der Waals surface area contributed by atoms with E-state index >= 15 is 0 Å². The molecule has 30 heavy (non-hydrogen) atoms. The Hall–Kier alpha value is -2.45. The number of benzene rings is 1. The molecule has 158 valence electrons. The number of nitrogens with one attached hydrogen (secondary N) is 1. The van der Waals surface area contributed by atoms with Crippen molar-refractivity contribution in [2.75, 3.05) is 18.4 Å². The summed E-state index contributed by atoms with van der Waals surface area (Å²) in [5.74, 6) is -0.933. The van der Waals surface area contributed by atoms with Gasteiger partial charge in [0.15, 0.2) is 5.13 Å². The number of thiazole rings is 1. The summed E-state index contributed by atoms with van der Waals surface area (Å²) >= 11 is 7.31. The number of carbonyl (C=O) groups excluding carboxylic acids is 3. The van der Waals surface area contributed by atoms with Gasteiger partial charge >= 0.3 is 0 Å². The zero-order valence-electron chi connectivity index (χ0n) is 16.4. The average Bonchev–Trinajstić information content (AvgIpc) is 3.16. The highest BCUT2D eigenvalue weighted by Crippen LogP contribution is 2.38. The number of hydrogen-bond donors (Lipinski definition) is 2. The van der Waals surface area contributed by atoms with Gasteiger partial charge < -0.3 is 10.6 Å². The lowest BCUT2D eigenvalue weighted by Crippen LogP contribution is -2.44. The number of fused-ring (bicyclic) bond motifs is 1. The van der Waals surface area contributed by atoms with E-state index in [-0.39, 0.29) is 29.6 Å². The molecule has 1 unspecified atom stereocenters. The fourth-order valence-corrected chi connectivity index (χ4v) is 5.27. The van der Waals surface area contributed by atoms with E-state index in [0.717, 1.165) is 29.8 Å². The third kappa shape index (κ3) is 4.34. The largest absolute Gasteiger partial charge is 0.369 e. The molecule has 2 aliphatic rings. The van der Waals surface area contributed by atoms with Crippen LogP contribution >= 0.6 is 22.9 Å². The first kappa shape index (κ1) is 20.8. The zero-order valence-corrected chi connectivity index (χ0v) is 18.0. The van der Waals surface area contributed by atoms with Crippen molar-refractivity contribution in [2.45, 2.75) is 38.0 Å². The molecule has 2 heterocycles. The van der Waals surface area contributed by atoms with E-state index in [0.29, 0.717) is 41.6 Å². The number of amides is 3. The maximum Gasteiger partial charge on any atom is 0.257 e. The van der Waals surface area contributed by atoms with Crippen LogP contribution in [0.3, 0.4) is 0 Å². The topological polar surface area (TPSA) is 105 Å². The number of halogens is 1. The molecular weight excluding hydrogens is 424 g/mol. The third-order valence-corrected chi connectivity index (χ3v) is 7.09. The minimum absolute atomic E-state index is 0.0553. The Kier molecular flexibility index (Phi) is 6.06. The van der Waals surface area contributed by atoms with Gasteiger partial charge in [0, 0.05) is 34.5 Å². The Morgan fingerprint density at radius 3 is 2.50 bits per heavy atom. The molecule has 1 aromatic carbocycles. The lowest BCUT2D eigenvalue weighted by atomic mass is 9.88. The highest BCUT2D eigenvalue weighted by Gasteiger charge is 2.35. The lowest BCUT2D eigenvalue weighted by Gasteiger charge is -2.34. The Morgan fingerprint density at radius 1 is 1.13 bits per heavy atom. The van der Waals surface area contributed by atoms with E-state index in [1.165, 1.54) is 11.3 Å². The minimum Gasteiger partial charge on any atom is -0.369 e. The van der Waals surface area contributed by atoms with Crippen LogP contribution in [0.25, 0.3) is 0 Å². The van der Waals surface area contributed by atoms with Gasteiger partial charge in [-0.05, 0) is 56.4 Å². The van der Waals surface area contributed by atoms with Crippen molar-refractivity contribution in [3.63, 3.8) is 0 Å². The second kappa shape index (κ2) is 8.73. The van der Waals surface area contributed by atoms with Crippen molar-refractivity contribution in [3.8, 4) is 0 Å². The summed E-state index contributed by atoms with van der Waals surface area (Å²) in [6.07, 6.45) is 3.74. The molecule has 9 heteroatoms. The summed E-state index contributed by atoms with van der Waals surface area (Å²) in [5, 5.41) is 3.91. The van der Waals surface area contributed by atoms with Crippen LogP contribution in [0.1, 0.15) is 52.5 Å². The SMILES string of the molecule is NC(=O)C1CCN(C(=O)C2CCCc3sc(NC(=O)c4ccc(Cl)cc4)nc32)CC1. The van der Waals surface area contributed by atoms with Crippen molar-refractivity contribution < 1.29 is 14.4 Å². The summed E-state index contributed by atoms with van der Waals surface area (Å²) in [4.78, 5) is 44.5. The maximum absolute atomic E-state index is 13.2. The molecule has 0 radical (unpaired) electrons. The van der Waals surface area contributed by atoms with Crippen LogP contribution in [0.2, 0.25) is 5.02 Å². The molecule has 0 saturated carbocycles. The van der Waals surface area contributed by atoms with Gasteiger partial charge in [-0.3, -0.25) is 19.7 Å². The monoisotopic (exact) mass is 446 g/mol. The van der Waals surface area contributed by atoms with Crippen LogP contribution < -0.4 is 11.1 Å². The lowest BCUT2D eigenvalue weighted by molar-refractivity contribution is -0.136. The average molecular weight is 447 g/mol. The van der Waals surface area contributed by atoms with Crippen LogP contribution in [-0.4, -0.2) is 40.7 Å². The van der Waals surface area contributed by atoms with Crippen molar-refractivity contribution in [1.29, 1.82) is 0 Å². The van der Waals surface area contributed by atoms with Crippen LogP contribution in [-0.2, 0) is 16.0 Å². The predicted octanol–water partition coefficient (Wildman–Crippen LogP) is 3.19. The number of piperidine rings is 1. The van der Waals surface area contributed by atoms with Gasteiger partial charge in [0.2, 0.25) is 11.8 Å². The Bertz CT molecular complexity index is 967. The van der Waals surface area contributed by atoms with Gasteiger partial charge in [0.25, 0.3) is 5.91 Å². The fourth-order valence-electron chi connectivity index (χ4n) is 4.09. The highest BCUT2D eigenvalue weighted by atomic mass is 35.5. The highest BCUT2D eigenvalue weighted by molar-refractivity contribution is 7.16. The Labute approximate surface area is 183 Å². The van der Waals surface area contributed by atoms with Gasteiger partial charge in [0.05, 0.1) is 11.6 Å². The number of nitrogens with two attached hydrogens (primary N) is 1. The number of hydrogen-bond acceptors (Lipinski definition) is 5. The van der Waals surface area contributed by atoms with E-state index in [4.69, 9.17) is 17.3 Å². The number of nitrogens with zero attached hydrogens (tertiary/aromatic N) is 2. The Morgan fingerprint density at radius 2 is 1.83 bits per heavy atom. The molecule has 1 saturated heterocycles. The van der Waals surface area contributed by atoms with Gasteiger partial charge in [-0.1, -0.05) is 11.6 Å². The second-order valence-corrected chi connectivity index (χ2v) is 9.26. The van der Waals surface area contributed by atoms with Crippen molar-refractivity contribution in [1.82, 2.24) is 9.88 Å². The minimum atomic E-state index is -0.295. The molecule has 3 amide bonds. The quantitative estimate of drug-likeness (QED) is 0.752. The molecule has 3 N–H and O–H groups in total. The summed E-state index contributed by atoms with van der Waals surface area (Å²) in [5.41, 5.74) is 6.67. The number of carbonyl (C=O) groups is 3. The molecule has 0 spiro atoms. The molecule has 1 atom stereocenters.